The number of likely N-dealkylation sites (tertiary alicyclic amines) is 1. The maximum absolute atomic E-state index is 14.2. The van der Waals surface area contributed by atoms with Crippen molar-refractivity contribution in [3.8, 4) is 0 Å². The second kappa shape index (κ2) is 11.9. The van der Waals surface area contributed by atoms with E-state index in [4.69, 9.17) is 21.4 Å². The second-order valence-corrected chi connectivity index (χ2v) is 11.6. The first-order chi connectivity index (χ1) is 19.4. The molecule has 0 aromatic heterocycles. The van der Waals surface area contributed by atoms with E-state index in [0.29, 0.717) is 55.9 Å². The SMILES string of the molecule is CC[C@@]12CCC3(O1)C(C(=O)Nc1ccccc1Cl)N(CCCCCCO)C(=O)[C@@H]3[C@@H]2C(=O)NCc1ccccc1. The number of carbonyl (C=O) groups is 3. The number of para-hydroxylation sites is 1. The van der Waals surface area contributed by atoms with Crippen molar-refractivity contribution in [1.82, 2.24) is 10.2 Å². The predicted molar refractivity (Wildman–Crippen MR) is 152 cm³/mol. The van der Waals surface area contributed by atoms with Crippen LogP contribution in [0.5, 0.6) is 0 Å². The highest BCUT2D eigenvalue weighted by Gasteiger charge is 2.78. The third-order valence-electron chi connectivity index (χ3n) is 8.96. The highest BCUT2D eigenvalue weighted by Crippen LogP contribution is 2.64. The summed E-state index contributed by atoms with van der Waals surface area (Å²) < 4.78 is 6.80. The van der Waals surface area contributed by atoms with E-state index in [1.165, 1.54) is 0 Å². The van der Waals surface area contributed by atoms with Gasteiger partial charge in [0.15, 0.2) is 0 Å². The molecule has 3 N–H and O–H groups in total. The minimum Gasteiger partial charge on any atom is -0.396 e. The summed E-state index contributed by atoms with van der Waals surface area (Å²) in [6.07, 6.45) is 4.75. The molecular weight excluding hydrogens is 530 g/mol. The molecule has 1 spiro atoms. The van der Waals surface area contributed by atoms with Crippen LogP contribution < -0.4 is 10.6 Å². The average molecular weight is 568 g/mol. The number of fused-ring (bicyclic) bond motifs is 1. The lowest BCUT2D eigenvalue weighted by atomic mass is 9.65. The number of aliphatic hydroxyl groups excluding tert-OH is 1. The zero-order valence-corrected chi connectivity index (χ0v) is 23.7. The summed E-state index contributed by atoms with van der Waals surface area (Å²) in [5.74, 6) is -2.18. The van der Waals surface area contributed by atoms with Crippen molar-refractivity contribution in [2.24, 2.45) is 11.8 Å². The number of carbonyl (C=O) groups excluding carboxylic acids is 3. The van der Waals surface area contributed by atoms with Crippen LogP contribution >= 0.6 is 11.6 Å². The van der Waals surface area contributed by atoms with Crippen LogP contribution in [0, 0.1) is 11.8 Å². The van der Waals surface area contributed by atoms with Crippen LogP contribution in [0.4, 0.5) is 5.69 Å². The van der Waals surface area contributed by atoms with Crippen LogP contribution in [0.15, 0.2) is 54.6 Å². The van der Waals surface area contributed by atoms with Crippen LogP contribution in [0.1, 0.15) is 57.4 Å². The van der Waals surface area contributed by atoms with Gasteiger partial charge in [-0.05, 0) is 49.8 Å². The standard InChI is InChI=1S/C31H38ClN3O5/c1-2-30-16-17-31(40-30)25(24(30)27(37)33-20-21-12-6-5-7-13-21)29(39)35(18-10-3-4-11-19-36)26(31)28(38)34-23-15-9-8-14-22(23)32/h5-9,12-15,24-26,36H,2-4,10-11,16-20H2,1H3,(H,33,37)(H,34,38)/t24-,25+,26?,30+,31?/m1/s1. The van der Waals surface area contributed by atoms with Crippen molar-refractivity contribution in [2.45, 2.75) is 75.7 Å². The van der Waals surface area contributed by atoms with Crippen LogP contribution in [-0.4, -0.2) is 58.1 Å². The molecule has 0 radical (unpaired) electrons. The van der Waals surface area contributed by atoms with Crippen molar-refractivity contribution in [3.05, 3.63) is 65.2 Å². The van der Waals surface area contributed by atoms with Gasteiger partial charge in [-0.25, -0.2) is 0 Å². The van der Waals surface area contributed by atoms with E-state index in [2.05, 4.69) is 10.6 Å². The number of rotatable bonds is 12. The smallest absolute Gasteiger partial charge is 0.250 e. The van der Waals surface area contributed by atoms with Gasteiger partial charge in [0.1, 0.15) is 11.6 Å². The Morgan fingerprint density at radius 1 is 1.02 bits per heavy atom. The summed E-state index contributed by atoms with van der Waals surface area (Å²) in [5, 5.41) is 15.5. The Morgan fingerprint density at radius 2 is 1.75 bits per heavy atom. The number of halogens is 1. The molecule has 2 aromatic rings. The van der Waals surface area contributed by atoms with Gasteiger partial charge in [-0.2, -0.15) is 0 Å². The van der Waals surface area contributed by atoms with E-state index in [9.17, 15) is 14.4 Å². The minimum atomic E-state index is -1.09. The van der Waals surface area contributed by atoms with Gasteiger partial charge in [0.05, 0.1) is 28.1 Å². The van der Waals surface area contributed by atoms with Gasteiger partial charge in [-0.15, -0.1) is 0 Å². The number of nitrogens with zero attached hydrogens (tertiary/aromatic N) is 1. The van der Waals surface area contributed by atoms with Gasteiger partial charge in [0.2, 0.25) is 17.7 Å². The average Bonchev–Trinajstić information content (AvgIpc) is 3.57. The first-order valence-electron chi connectivity index (χ1n) is 14.4. The number of ether oxygens (including phenoxy) is 1. The van der Waals surface area contributed by atoms with E-state index < -0.39 is 29.1 Å². The fourth-order valence-electron chi connectivity index (χ4n) is 7.06. The number of hydrogen-bond acceptors (Lipinski definition) is 5. The highest BCUT2D eigenvalue weighted by molar-refractivity contribution is 6.33. The zero-order chi connectivity index (χ0) is 28.3. The molecule has 40 heavy (non-hydrogen) atoms. The van der Waals surface area contributed by atoms with Gasteiger partial charge in [0.25, 0.3) is 0 Å². The van der Waals surface area contributed by atoms with Gasteiger partial charge in [0, 0.05) is 19.7 Å². The number of benzene rings is 2. The number of hydrogen-bond donors (Lipinski definition) is 3. The first kappa shape index (κ1) is 28.6. The van der Waals surface area contributed by atoms with E-state index in [1.807, 2.05) is 37.3 Å². The fourth-order valence-corrected chi connectivity index (χ4v) is 7.25. The van der Waals surface area contributed by atoms with Crippen LogP contribution in [0.25, 0.3) is 0 Å². The van der Waals surface area contributed by atoms with Crippen molar-refractivity contribution < 1.29 is 24.2 Å². The van der Waals surface area contributed by atoms with Gasteiger partial charge in [-0.3, -0.25) is 14.4 Å². The minimum absolute atomic E-state index is 0.128. The molecule has 3 aliphatic heterocycles. The lowest BCUT2D eigenvalue weighted by Gasteiger charge is -2.34. The molecule has 3 saturated heterocycles. The maximum Gasteiger partial charge on any atom is 0.250 e. The Morgan fingerprint density at radius 3 is 2.48 bits per heavy atom. The molecule has 2 aromatic carbocycles. The summed E-state index contributed by atoms with van der Waals surface area (Å²) in [4.78, 5) is 43.6. The van der Waals surface area contributed by atoms with E-state index in [1.54, 1.807) is 29.2 Å². The monoisotopic (exact) mass is 567 g/mol. The number of nitrogens with one attached hydrogen (secondary N) is 2. The largest absolute Gasteiger partial charge is 0.396 e. The summed E-state index contributed by atoms with van der Waals surface area (Å²) in [6, 6.07) is 15.8. The first-order valence-corrected chi connectivity index (χ1v) is 14.7. The molecule has 9 heteroatoms. The molecule has 3 aliphatic rings. The highest BCUT2D eigenvalue weighted by atomic mass is 35.5. The van der Waals surface area contributed by atoms with Gasteiger partial charge >= 0.3 is 0 Å². The normalized spacial score (nSPS) is 28.5. The molecule has 3 heterocycles. The van der Waals surface area contributed by atoms with E-state index >= 15 is 0 Å². The second-order valence-electron chi connectivity index (χ2n) is 11.2. The van der Waals surface area contributed by atoms with E-state index in [0.717, 1.165) is 18.4 Å². The van der Waals surface area contributed by atoms with Crippen molar-refractivity contribution in [1.29, 1.82) is 0 Å². The lowest BCUT2D eigenvalue weighted by Crippen LogP contribution is -2.53. The number of amides is 3. The topological polar surface area (TPSA) is 108 Å². The lowest BCUT2D eigenvalue weighted by molar-refractivity contribution is -0.146. The van der Waals surface area contributed by atoms with Crippen molar-refractivity contribution in [3.63, 3.8) is 0 Å². The number of aliphatic hydroxyl groups is 1. The molecule has 3 fully saturated rings. The van der Waals surface area contributed by atoms with Crippen LogP contribution in [-0.2, 0) is 25.7 Å². The van der Waals surface area contributed by atoms with Crippen LogP contribution in [0.2, 0.25) is 5.02 Å². The van der Waals surface area contributed by atoms with Gasteiger partial charge in [-0.1, -0.05) is 73.8 Å². The molecule has 5 atom stereocenters. The number of anilines is 1. The summed E-state index contributed by atoms with van der Waals surface area (Å²) in [5.41, 5.74) is -0.436. The molecule has 0 aliphatic carbocycles. The van der Waals surface area contributed by atoms with Crippen LogP contribution in [0.3, 0.4) is 0 Å². The summed E-state index contributed by atoms with van der Waals surface area (Å²) >= 11 is 6.35. The third-order valence-corrected chi connectivity index (χ3v) is 9.29. The Balaban J connectivity index is 1.45. The molecule has 0 saturated carbocycles. The third kappa shape index (κ3) is 5.01. The van der Waals surface area contributed by atoms with E-state index in [-0.39, 0.29) is 24.3 Å². The molecule has 8 nitrogen and oxygen atoms in total. The predicted octanol–water partition coefficient (Wildman–Crippen LogP) is 4.30. The Kier molecular flexibility index (Phi) is 8.50. The molecular formula is C31H38ClN3O5. The van der Waals surface area contributed by atoms with Crippen molar-refractivity contribution >= 4 is 35.0 Å². The fraction of sp³-hybridized carbons (Fsp3) is 0.516. The Hall–Kier alpha value is -2.94. The molecule has 214 valence electrons. The summed E-state index contributed by atoms with van der Waals surface area (Å²) in [6.45, 7) is 2.85. The molecule has 3 amide bonds. The Labute approximate surface area is 240 Å². The molecule has 5 rings (SSSR count). The zero-order valence-electron chi connectivity index (χ0n) is 22.9. The molecule has 2 unspecified atom stereocenters. The number of unbranched alkanes of at least 4 members (excludes halogenated alkanes) is 3. The summed E-state index contributed by atoms with van der Waals surface area (Å²) in [7, 11) is 0. The van der Waals surface area contributed by atoms with Gasteiger partial charge < -0.3 is 25.4 Å². The molecule has 2 bridgehead atoms. The van der Waals surface area contributed by atoms with Crippen molar-refractivity contribution in [2.75, 3.05) is 18.5 Å². The maximum atomic E-state index is 14.2. The quantitative estimate of drug-likeness (QED) is 0.331. The Bertz CT molecular complexity index is 1240.